The largest absolute Gasteiger partial charge is 0.300 e. The number of carbonyl (C=O) groups excluding carboxylic acids is 2. The zero-order chi connectivity index (χ0) is 18.8. The second-order valence-corrected chi connectivity index (χ2v) is 8.44. The summed E-state index contributed by atoms with van der Waals surface area (Å²) in [6.45, 7) is 4.56. The lowest BCUT2D eigenvalue weighted by Crippen LogP contribution is -2.52. The summed E-state index contributed by atoms with van der Waals surface area (Å²) in [6, 6.07) is 10.8. The summed E-state index contributed by atoms with van der Waals surface area (Å²) >= 11 is 7.71. The fourth-order valence-electron chi connectivity index (χ4n) is 3.78. The molecule has 5 nitrogen and oxygen atoms in total. The summed E-state index contributed by atoms with van der Waals surface area (Å²) in [4.78, 5) is 32.7. The van der Waals surface area contributed by atoms with E-state index in [0.717, 1.165) is 39.1 Å². The molecule has 2 fully saturated rings. The molecule has 2 aliphatic heterocycles. The lowest BCUT2D eigenvalue weighted by atomic mass is 10.1. The van der Waals surface area contributed by atoms with Crippen LogP contribution < -0.4 is 4.90 Å². The molecule has 0 aliphatic carbocycles. The highest BCUT2D eigenvalue weighted by molar-refractivity contribution is 7.09. The molecule has 7 heteroatoms. The number of halogens is 1. The number of carbonyl (C=O) groups is 2. The van der Waals surface area contributed by atoms with E-state index in [-0.39, 0.29) is 24.3 Å². The Morgan fingerprint density at radius 1 is 1.04 bits per heavy atom. The number of piperazine rings is 1. The van der Waals surface area contributed by atoms with Crippen molar-refractivity contribution < 1.29 is 9.59 Å². The van der Waals surface area contributed by atoms with E-state index in [1.54, 1.807) is 35.6 Å². The van der Waals surface area contributed by atoms with Gasteiger partial charge in [0, 0.05) is 42.6 Å². The SMILES string of the molecule is O=C1CC(N2CCN(CCc3cccs3)CC2)C(=O)N1c1ccc(Cl)cc1. The number of hydrogen-bond donors (Lipinski definition) is 0. The molecular formula is C20H22ClN3O2S. The Morgan fingerprint density at radius 2 is 1.78 bits per heavy atom. The Morgan fingerprint density at radius 3 is 2.44 bits per heavy atom. The van der Waals surface area contributed by atoms with Gasteiger partial charge in [0.1, 0.15) is 0 Å². The first-order valence-corrected chi connectivity index (χ1v) is 10.5. The van der Waals surface area contributed by atoms with Crippen LogP contribution in [-0.2, 0) is 16.0 Å². The van der Waals surface area contributed by atoms with Gasteiger partial charge in [-0.2, -0.15) is 0 Å². The molecule has 2 saturated heterocycles. The monoisotopic (exact) mass is 403 g/mol. The zero-order valence-corrected chi connectivity index (χ0v) is 16.6. The minimum Gasteiger partial charge on any atom is -0.300 e. The smallest absolute Gasteiger partial charge is 0.251 e. The van der Waals surface area contributed by atoms with Gasteiger partial charge in [-0.25, -0.2) is 4.90 Å². The van der Waals surface area contributed by atoms with Crippen LogP contribution in [-0.4, -0.2) is 60.4 Å². The maximum absolute atomic E-state index is 12.9. The van der Waals surface area contributed by atoms with Crippen molar-refractivity contribution in [3.8, 4) is 0 Å². The summed E-state index contributed by atoms with van der Waals surface area (Å²) in [5.41, 5.74) is 0.603. The summed E-state index contributed by atoms with van der Waals surface area (Å²) in [5, 5.41) is 2.70. The van der Waals surface area contributed by atoms with Crippen molar-refractivity contribution in [2.75, 3.05) is 37.6 Å². The molecule has 1 aromatic heterocycles. The number of imide groups is 1. The van der Waals surface area contributed by atoms with Crippen molar-refractivity contribution in [3.05, 3.63) is 51.7 Å². The van der Waals surface area contributed by atoms with E-state index >= 15 is 0 Å². The first kappa shape index (κ1) is 18.6. The lowest BCUT2D eigenvalue weighted by Gasteiger charge is -2.37. The van der Waals surface area contributed by atoms with Gasteiger partial charge in [-0.3, -0.25) is 14.5 Å². The van der Waals surface area contributed by atoms with E-state index in [1.165, 1.54) is 9.78 Å². The molecule has 142 valence electrons. The van der Waals surface area contributed by atoms with Crippen molar-refractivity contribution in [2.45, 2.75) is 18.9 Å². The molecule has 0 spiro atoms. The summed E-state index contributed by atoms with van der Waals surface area (Å²) in [6.07, 6.45) is 1.33. The topological polar surface area (TPSA) is 43.9 Å². The van der Waals surface area contributed by atoms with Crippen LogP contribution >= 0.6 is 22.9 Å². The maximum Gasteiger partial charge on any atom is 0.251 e. The molecule has 1 atom stereocenters. The number of anilines is 1. The Bertz CT molecular complexity index is 801. The standard InChI is InChI=1S/C20H22ClN3O2S/c21-15-3-5-16(6-4-15)24-19(25)14-18(20(24)26)23-11-9-22(10-12-23)8-7-17-2-1-13-27-17/h1-6,13,18H,7-12,14H2. The molecule has 0 radical (unpaired) electrons. The number of nitrogens with zero attached hydrogens (tertiary/aromatic N) is 3. The van der Waals surface area contributed by atoms with Gasteiger partial charge in [0.15, 0.2) is 0 Å². The van der Waals surface area contributed by atoms with E-state index < -0.39 is 0 Å². The fraction of sp³-hybridized carbons (Fsp3) is 0.400. The highest BCUT2D eigenvalue weighted by atomic mass is 35.5. The maximum atomic E-state index is 12.9. The quantitative estimate of drug-likeness (QED) is 0.720. The number of benzene rings is 1. The minimum absolute atomic E-state index is 0.116. The van der Waals surface area contributed by atoms with Crippen molar-refractivity contribution in [1.29, 1.82) is 0 Å². The van der Waals surface area contributed by atoms with Crippen LogP contribution in [0.25, 0.3) is 0 Å². The Kier molecular flexibility index (Phi) is 5.59. The summed E-state index contributed by atoms with van der Waals surface area (Å²) in [7, 11) is 0. The minimum atomic E-state index is -0.340. The Hall–Kier alpha value is -1.73. The molecule has 4 rings (SSSR count). The second-order valence-electron chi connectivity index (χ2n) is 6.97. The molecule has 1 unspecified atom stereocenters. The normalized spacial score (nSPS) is 22.0. The van der Waals surface area contributed by atoms with Gasteiger partial charge < -0.3 is 4.90 Å². The summed E-state index contributed by atoms with van der Waals surface area (Å²) < 4.78 is 0. The van der Waals surface area contributed by atoms with Gasteiger partial charge in [-0.05, 0) is 42.1 Å². The first-order valence-electron chi connectivity index (χ1n) is 9.23. The van der Waals surface area contributed by atoms with Gasteiger partial charge in [0.2, 0.25) is 5.91 Å². The highest BCUT2D eigenvalue weighted by Crippen LogP contribution is 2.27. The number of rotatable bonds is 5. The Balaban J connectivity index is 1.34. The highest BCUT2D eigenvalue weighted by Gasteiger charge is 2.43. The fourth-order valence-corrected chi connectivity index (χ4v) is 4.61. The van der Waals surface area contributed by atoms with E-state index in [1.807, 2.05) is 0 Å². The van der Waals surface area contributed by atoms with Gasteiger partial charge in [-0.15, -0.1) is 11.3 Å². The molecule has 2 aliphatic rings. The van der Waals surface area contributed by atoms with Crippen molar-refractivity contribution >= 4 is 40.4 Å². The molecule has 0 N–H and O–H groups in total. The van der Waals surface area contributed by atoms with E-state index in [2.05, 4.69) is 27.3 Å². The van der Waals surface area contributed by atoms with Crippen LogP contribution in [0.1, 0.15) is 11.3 Å². The summed E-state index contributed by atoms with van der Waals surface area (Å²) in [5.74, 6) is -0.248. The molecule has 2 amide bonds. The molecule has 0 bridgehead atoms. The Labute approximate surface area is 168 Å². The van der Waals surface area contributed by atoms with Crippen LogP contribution in [0.3, 0.4) is 0 Å². The van der Waals surface area contributed by atoms with Gasteiger partial charge in [0.05, 0.1) is 18.2 Å². The van der Waals surface area contributed by atoms with Crippen LogP contribution in [0.15, 0.2) is 41.8 Å². The molecule has 2 aromatic rings. The molecular weight excluding hydrogens is 382 g/mol. The predicted octanol–water partition coefficient (Wildman–Crippen LogP) is 2.89. The zero-order valence-electron chi connectivity index (χ0n) is 15.0. The van der Waals surface area contributed by atoms with Crippen molar-refractivity contribution in [1.82, 2.24) is 9.80 Å². The molecule has 27 heavy (non-hydrogen) atoms. The average Bonchev–Trinajstić information content (AvgIpc) is 3.30. The van der Waals surface area contributed by atoms with Gasteiger partial charge >= 0.3 is 0 Å². The van der Waals surface area contributed by atoms with Crippen molar-refractivity contribution in [3.63, 3.8) is 0 Å². The van der Waals surface area contributed by atoms with Crippen LogP contribution in [0, 0.1) is 0 Å². The molecule has 0 saturated carbocycles. The third-order valence-corrected chi connectivity index (χ3v) is 6.50. The van der Waals surface area contributed by atoms with Gasteiger partial charge in [0.25, 0.3) is 5.91 Å². The van der Waals surface area contributed by atoms with Gasteiger partial charge in [-0.1, -0.05) is 17.7 Å². The average molecular weight is 404 g/mol. The van der Waals surface area contributed by atoms with E-state index in [0.29, 0.717) is 10.7 Å². The van der Waals surface area contributed by atoms with Crippen molar-refractivity contribution in [2.24, 2.45) is 0 Å². The molecule has 1 aromatic carbocycles. The van der Waals surface area contributed by atoms with E-state index in [9.17, 15) is 9.59 Å². The second kappa shape index (κ2) is 8.10. The van der Waals surface area contributed by atoms with Crippen LogP contribution in [0.2, 0.25) is 5.02 Å². The van der Waals surface area contributed by atoms with Crippen LogP contribution in [0.4, 0.5) is 5.69 Å². The van der Waals surface area contributed by atoms with E-state index in [4.69, 9.17) is 11.6 Å². The third-order valence-electron chi connectivity index (χ3n) is 5.31. The third kappa shape index (κ3) is 4.09. The number of amides is 2. The lowest BCUT2D eigenvalue weighted by molar-refractivity contribution is -0.123. The van der Waals surface area contributed by atoms with Crippen LogP contribution in [0.5, 0.6) is 0 Å². The first-order chi connectivity index (χ1) is 13.1. The predicted molar refractivity (Wildman–Crippen MR) is 108 cm³/mol. The molecule has 3 heterocycles. The number of thiophene rings is 1. The number of hydrogen-bond acceptors (Lipinski definition) is 5.